The van der Waals surface area contributed by atoms with Crippen LogP contribution >= 0.6 is 0 Å². The van der Waals surface area contributed by atoms with E-state index in [1.807, 2.05) is 36.4 Å². The highest BCUT2D eigenvalue weighted by Crippen LogP contribution is 2.62. The van der Waals surface area contributed by atoms with Gasteiger partial charge in [-0.2, -0.15) is 0 Å². The van der Waals surface area contributed by atoms with Gasteiger partial charge in [0.05, 0.1) is 16.8 Å². The van der Waals surface area contributed by atoms with Crippen LogP contribution in [0.5, 0.6) is 11.5 Å². The van der Waals surface area contributed by atoms with E-state index < -0.39 is 5.41 Å². The lowest BCUT2D eigenvalue weighted by molar-refractivity contribution is 0.436. The van der Waals surface area contributed by atoms with Gasteiger partial charge in [-0.05, 0) is 52.6 Å². The van der Waals surface area contributed by atoms with Crippen LogP contribution in [-0.4, -0.2) is 9.97 Å². The fourth-order valence-corrected chi connectivity index (χ4v) is 8.42. The first-order valence-electron chi connectivity index (χ1n) is 17.2. The van der Waals surface area contributed by atoms with Gasteiger partial charge in [-0.15, -0.1) is 0 Å². The van der Waals surface area contributed by atoms with Crippen LogP contribution in [0.4, 0.5) is 0 Å². The summed E-state index contributed by atoms with van der Waals surface area (Å²) in [5.74, 6) is 2.33. The van der Waals surface area contributed by atoms with Crippen molar-refractivity contribution in [2.75, 3.05) is 0 Å². The van der Waals surface area contributed by atoms with Gasteiger partial charge in [0.2, 0.25) is 0 Å². The van der Waals surface area contributed by atoms with E-state index in [-0.39, 0.29) is 0 Å². The zero-order valence-corrected chi connectivity index (χ0v) is 27.4. The zero-order chi connectivity index (χ0) is 33.5. The Labute approximate surface area is 294 Å². The van der Waals surface area contributed by atoms with E-state index in [9.17, 15) is 0 Å². The molecule has 0 unspecified atom stereocenters. The maximum atomic E-state index is 6.82. The Kier molecular flexibility index (Phi) is 5.84. The third kappa shape index (κ3) is 3.96. The standard InChI is InChI=1S/C47H28N2O2/c1-2-13-29(14-3-1)46-48-40(28-41(49-46)35-19-12-18-34-33-17-6-10-23-42(33)51-45(34)35)30-25-26-39-44(27-30)50-43-24-11-9-22-38(43)47(39)36-20-7-4-15-31(36)32-16-5-8-21-37(32)47/h1-28H. The fourth-order valence-electron chi connectivity index (χ4n) is 8.42. The molecule has 0 atom stereocenters. The number of aromatic nitrogens is 2. The Morgan fingerprint density at radius 1 is 0.412 bits per heavy atom. The number of nitrogens with zero attached hydrogens (tertiary/aromatic N) is 2. The molecule has 1 aliphatic carbocycles. The minimum atomic E-state index is -0.515. The molecule has 4 nitrogen and oxygen atoms in total. The van der Waals surface area contributed by atoms with E-state index in [1.54, 1.807) is 0 Å². The molecule has 0 saturated carbocycles. The molecule has 0 amide bonds. The molecular weight excluding hydrogens is 625 g/mol. The van der Waals surface area contributed by atoms with E-state index in [0.29, 0.717) is 5.82 Å². The first kappa shape index (κ1) is 28.1. The molecule has 0 N–H and O–H groups in total. The van der Waals surface area contributed by atoms with Crippen molar-refractivity contribution in [1.82, 2.24) is 9.97 Å². The third-order valence-electron chi connectivity index (χ3n) is 10.6. The summed E-state index contributed by atoms with van der Waals surface area (Å²) in [4.78, 5) is 10.3. The van der Waals surface area contributed by atoms with Crippen molar-refractivity contribution >= 4 is 21.9 Å². The van der Waals surface area contributed by atoms with Crippen molar-refractivity contribution in [3.05, 3.63) is 192 Å². The Morgan fingerprint density at radius 3 is 1.86 bits per heavy atom. The second-order valence-electron chi connectivity index (χ2n) is 13.3. The van der Waals surface area contributed by atoms with Crippen molar-refractivity contribution in [3.63, 3.8) is 0 Å². The molecule has 2 aliphatic rings. The Balaban J connectivity index is 1.15. The van der Waals surface area contributed by atoms with Crippen LogP contribution in [0.2, 0.25) is 0 Å². The van der Waals surface area contributed by atoms with Crippen molar-refractivity contribution in [1.29, 1.82) is 0 Å². The molecule has 2 aromatic heterocycles. The normalized spacial score (nSPS) is 13.4. The number of ether oxygens (including phenoxy) is 1. The summed E-state index contributed by atoms with van der Waals surface area (Å²) in [5, 5.41) is 2.15. The second kappa shape index (κ2) is 10.6. The summed E-state index contributed by atoms with van der Waals surface area (Å²) in [6.45, 7) is 0. The molecule has 3 heterocycles. The smallest absolute Gasteiger partial charge is 0.160 e. The van der Waals surface area contributed by atoms with Crippen LogP contribution in [0, 0.1) is 0 Å². The quantitative estimate of drug-likeness (QED) is 0.191. The Hall–Kier alpha value is -6.78. The highest BCUT2D eigenvalue weighted by molar-refractivity contribution is 6.09. The summed E-state index contributed by atoms with van der Waals surface area (Å²) < 4.78 is 13.3. The van der Waals surface area contributed by atoms with Gasteiger partial charge >= 0.3 is 0 Å². The lowest BCUT2D eigenvalue weighted by Crippen LogP contribution is -2.32. The number of para-hydroxylation sites is 3. The van der Waals surface area contributed by atoms with Crippen LogP contribution in [0.25, 0.3) is 67.0 Å². The summed E-state index contributed by atoms with van der Waals surface area (Å²) in [5.41, 5.74) is 12.9. The molecule has 238 valence electrons. The summed E-state index contributed by atoms with van der Waals surface area (Å²) in [7, 11) is 0. The number of furan rings is 1. The lowest BCUT2D eigenvalue weighted by Gasteiger charge is -2.39. The van der Waals surface area contributed by atoms with Gasteiger partial charge in [-0.3, -0.25) is 0 Å². The van der Waals surface area contributed by atoms with Crippen LogP contribution in [0.15, 0.2) is 174 Å². The summed E-state index contributed by atoms with van der Waals surface area (Å²) in [6, 6.07) is 59.3. The molecule has 1 aliphatic heterocycles. The van der Waals surface area contributed by atoms with E-state index >= 15 is 0 Å². The van der Waals surface area contributed by atoms with E-state index in [1.165, 1.54) is 22.3 Å². The summed E-state index contributed by atoms with van der Waals surface area (Å²) >= 11 is 0. The molecule has 11 rings (SSSR count). The van der Waals surface area contributed by atoms with Gasteiger partial charge in [-0.25, -0.2) is 9.97 Å². The molecule has 0 fully saturated rings. The molecule has 1 spiro atoms. The number of fused-ring (bicyclic) bond motifs is 12. The van der Waals surface area contributed by atoms with Gasteiger partial charge in [0.15, 0.2) is 5.82 Å². The fraction of sp³-hybridized carbons (Fsp3) is 0.0213. The van der Waals surface area contributed by atoms with Crippen molar-refractivity contribution in [3.8, 4) is 56.5 Å². The minimum absolute atomic E-state index is 0.515. The Bertz CT molecular complexity index is 2810. The predicted octanol–water partition coefficient (Wildman–Crippen LogP) is 11.8. The molecule has 7 aromatic carbocycles. The number of benzene rings is 7. The highest BCUT2D eigenvalue weighted by atomic mass is 16.5. The van der Waals surface area contributed by atoms with Crippen molar-refractivity contribution < 1.29 is 9.15 Å². The lowest BCUT2D eigenvalue weighted by atomic mass is 9.66. The van der Waals surface area contributed by atoms with Crippen LogP contribution < -0.4 is 4.74 Å². The largest absolute Gasteiger partial charge is 0.457 e. The van der Waals surface area contributed by atoms with E-state index in [0.717, 1.165) is 72.6 Å². The molecule has 0 saturated heterocycles. The number of rotatable bonds is 3. The molecular formula is C47H28N2O2. The number of hydrogen-bond donors (Lipinski definition) is 0. The van der Waals surface area contributed by atoms with Gasteiger partial charge < -0.3 is 9.15 Å². The highest BCUT2D eigenvalue weighted by Gasteiger charge is 2.50. The first-order valence-corrected chi connectivity index (χ1v) is 17.2. The van der Waals surface area contributed by atoms with E-state index in [4.69, 9.17) is 19.1 Å². The van der Waals surface area contributed by atoms with E-state index in [2.05, 4.69) is 133 Å². The molecule has 51 heavy (non-hydrogen) atoms. The van der Waals surface area contributed by atoms with Crippen LogP contribution in [0.3, 0.4) is 0 Å². The SMILES string of the molecule is c1ccc(-c2nc(-c3ccc4c(c3)Oc3ccccc3C43c4ccccc4-c4ccccc43)cc(-c3cccc4c3oc3ccccc34)n2)cc1. The van der Waals surface area contributed by atoms with Crippen LogP contribution in [0.1, 0.15) is 22.3 Å². The molecule has 4 heteroatoms. The van der Waals surface area contributed by atoms with Gasteiger partial charge in [0.25, 0.3) is 0 Å². The predicted molar refractivity (Wildman–Crippen MR) is 203 cm³/mol. The average molecular weight is 653 g/mol. The number of hydrogen-bond acceptors (Lipinski definition) is 4. The Morgan fingerprint density at radius 2 is 1.04 bits per heavy atom. The van der Waals surface area contributed by atoms with Crippen molar-refractivity contribution in [2.45, 2.75) is 5.41 Å². The second-order valence-corrected chi connectivity index (χ2v) is 13.3. The third-order valence-corrected chi connectivity index (χ3v) is 10.6. The molecule has 0 radical (unpaired) electrons. The minimum Gasteiger partial charge on any atom is -0.457 e. The maximum absolute atomic E-state index is 6.82. The molecule has 0 bridgehead atoms. The topological polar surface area (TPSA) is 48.2 Å². The zero-order valence-electron chi connectivity index (χ0n) is 27.4. The first-order chi connectivity index (χ1) is 25.3. The van der Waals surface area contributed by atoms with Gasteiger partial charge in [0.1, 0.15) is 22.7 Å². The van der Waals surface area contributed by atoms with Gasteiger partial charge in [-0.1, -0.05) is 140 Å². The maximum Gasteiger partial charge on any atom is 0.160 e. The summed E-state index contributed by atoms with van der Waals surface area (Å²) in [6.07, 6.45) is 0. The monoisotopic (exact) mass is 652 g/mol. The van der Waals surface area contributed by atoms with Crippen molar-refractivity contribution in [2.24, 2.45) is 0 Å². The van der Waals surface area contributed by atoms with Gasteiger partial charge in [0, 0.05) is 38.6 Å². The molecule has 9 aromatic rings. The average Bonchev–Trinajstić information content (AvgIpc) is 3.72. The van der Waals surface area contributed by atoms with Crippen LogP contribution in [-0.2, 0) is 5.41 Å².